The Balaban J connectivity index is 2.28. The lowest BCUT2D eigenvalue weighted by molar-refractivity contribution is -0.0528. The third-order valence-corrected chi connectivity index (χ3v) is 3.26. The van der Waals surface area contributed by atoms with Crippen molar-refractivity contribution in [3.8, 4) is 0 Å². The fourth-order valence-electron chi connectivity index (χ4n) is 2.15. The van der Waals surface area contributed by atoms with Gasteiger partial charge < -0.3 is 9.84 Å². The molecule has 0 radical (unpaired) electrons. The van der Waals surface area contributed by atoms with Crippen molar-refractivity contribution in [3.63, 3.8) is 0 Å². The van der Waals surface area contributed by atoms with Gasteiger partial charge in [0.05, 0.1) is 19.8 Å². The quantitative estimate of drug-likeness (QED) is 0.820. The van der Waals surface area contributed by atoms with Gasteiger partial charge in [0.25, 0.3) is 0 Å². The largest absolute Gasteiger partial charge is 0.396 e. The Morgan fingerprint density at radius 2 is 2.13 bits per heavy atom. The SMILES string of the molecule is Cc1ccc(C)c(C(CO)C2COC2)c1. The van der Waals surface area contributed by atoms with E-state index in [-0.39, 0.29) is 12.5 Å². The molecular weight excluding hydrogens is 188 g/mol. The van der Waals surface area contributed by atoms with Crippen molar-refractivity contribution in [2.75, 3.05) is 19.8 Å². The Labute approximate surface area is 90.9 Å². The lowest BCUT2D eigenvalue weighted by Gasteiger charge is -2.33. The molecule has 1 aliphatic rings. The van der Waals surface area contributed by atoms with E-state index in [9.17, 15) is 5.11 Å². The molecule has 2 nitrogen and oxygen atoms in total. The van der Waals surface area contributed by atoms with Crippen LogP contribution >= 0.6 is 0 Å². The Morgan fingerprint density at radius 3 is 2.67 bits per heavy atom. The smallest absolute Gasteiger partial charge is 0.0523 e. The van der Waals surface area contributed by atoms with Gasteiger partial charge >= 0.3 is 0 Å². The number of aryl methyl sites for hydroxylation is 2. The molecule has 0 spiro atoms. The van der Waals surface area contributed by atoms with Crippen LogP contribution in [0.5, 0.6) is 0 Å². The maximum Gasteiger partial charge on any atom is 0.0523 e. The molecule has 1 atom stereocenters. The van der Waals surface area contributed by atoms with E-state index in [0.717, 1.165) is 13.2 Å². The summed E-state index contributed by atoms with van der Waals surface area (Å²) in [6, 6.07) is 6.44. The fraction of sp³-hybridized carbons (Fsp3) is 0.538. The second-order valence-corrected chi connectivity index (χ2v) is 4.45. The highest BCUT2D eigenvalue weighted by molar-refractivity contribution is 5.34. The van der Waals surface area contributed by atoms with E-state index in [0.29, 0.717) is 5.92 Å². The minimum absolute atomic E-state index is 0.221. The summed E-state index contributed by atoms with van der Waals surface area (Å²) in [5, 5.41) is 9.47. The average molecular weight is 206 g/mol. The lowest BCUT2D eigenvalue weighted by Crippen LogP contribution is -2.35. The van der Waals surface area contributed by atoms with E-state index in [2.05, 4.69) is 32.0 Å². The molecule has 2 rings (SSSR count). The van der Waals surface area contributed by atoms with E-state index in [1.165, 1.54) is 16.7 Å². The number of aliphatic hydroxyl groups is 1. The molecule has 0 amide bonds. The molecule has 1 heterocycles. The molecule has 1 fully saturated rings. The van der Waals surface area contributed by atoms with Gasteiger partial charge in [-0.3, -0.25) is 0 Å². The zero-order valence-electron chi connectivity index (χ0n) is 9.36. The first-order valence-corrected chi connectivity index (χ1v) is 5.48. The predicted molar refractivity (Wildman–Crippen MR) is 60.1 cm³/mol. The van der Waals surface area contributed by atoms with Crippen molar-refractivity contribution in [2.45, 2.75) is 19.8 Å². The summed E-state index contributed by atoms with van der Waals surface area (Å²) in [5.74, 6) is 0.745. The van der Waals surface area contributed by atoms with Crippen molar-refractivity contribution in [3.05, 3.63) is 34.9 Å². The van der Waals surface area contributed by atoms with Gasteiger partial charge in [0.1, 0.15) is 0 Å². The van der Waals surface area contributed by atoms with E-state index in [4.69, 9.17) is 4.74 Å². The first-order chi connectivity index (χ1) is 7.22. The number of aliphatic hydroxyl groups excluding tert-OH is 1. The van der Waals surface area contributed by atoms with Gasteiger partial charge in [0.15, 0.2) is 0 Å². The predicted octanol–water partition coefficient (Wildman–Crippen LogP) is 2.03. The summed E-state index contributed by atoms with van der Waals surface area (Å²) in [6.45, 7) is 6.00. The molecule has 2 heteroatoms. The highest BCUT2D eigenvalue weighted by Crippen LogP contribution is 2.32. The van der Waals surface area contributed by atoms with E-state index >= 15 is 0 Å². The van der Waals surface area contributed by atoms with Crippen molar-refractivity contribution in [1.29, 1.82) is 0 Å². The van der Waals surface area contributed by atoms with Crippen LogP contribution in [0.4, 0.5) is 0 Å². The van der Waals surface area contributed by atoms with Crippen LogP contribution in [0.3, 0.4) is 0 Å². The van der Waals surface area contributed by atoms with Gasteiger partial charge in [-0.1, -0.05) is 23.8 Å². The van der Waals surface area contributed by atoms with Gasteiger partial charge in [0.2, 0.25) is 0 Å². The van der Waals surface area contributed by atoms with Gasteiger partial charge in [-0.2, -0.15) is 0 Å². The van der Waals surface area contributed by atoms with Crippen LogP contribution < -0.4 is 0 Å². The third-order valence-electron chi connectivity index (χ3n) is 3.26. The molecule has 1 aromatic carbocycles. The monoisotopic (exact) mass is 206 g/mol. The van der Waals surface area contributed by atoms with Crippen LogP contribution in [-0.2, 0) is 4.74 Å². The Bertz CT molecular complexity index is 342. The van der Waals surface area contributed by atoms with Gasteiger partial charge in [-0.25, -0.2) is 0 Å². The maximum atomic E-state index is 9.47. The normalized spacial score (nSPS) is 18.6. The molecule has 0 aromatic heterocycles. The molecular formula is C13H18O2. The zero-order chi connectivity index (χ0) is 10.8. The Morgan fingerprint density at radius 1 is 1.40 bits per heavy atom. The highest BCUT2D eigenvalue weighted by atomic mass is 16.5. The zero-order valence-corrected chi connectivity index (χ0v) is 9.36. The van der Waals surface area contributed by atoms with Crippen LogP contribution in [-0.4, -0.2) is 24.9 Å². The number of hydrogen-bond acceptors (Lipinski definition) is 2. The number of hydrogen-bond donors (Lipinski definition) is 1. The van der Waals surface area contributed by atoms with Crippen molar-refractivity contribution < 1.29 is 9.84 Å². The van der Waals surface area contributed by atoms with Gasteiger partial charge in [-0.05, 0) is 25.0 Å². The standard InChI is InChI=1S/C13H18O2/c1-9-3-4-10(2)12(5-9)13(6-14)11-7-15-8-11/h3-5,11,13-14H,6-8H2,1-2H3. The maximum absolute atomic E-state index is 9.47. The van der Waals surface area contributed by atoms with Crippen LogP contribution in [0.1, 0.15) is 22.6 Å². The molecule has 1 aromatic rings. The van der Waals surface area contributed by atoms with Gasteiger partial charge in [0, 0.05) is 11.8 Å². The molecule has 0 bridgehead atoms. The minimum Gasteiger partial charge on any atom is -0.396 e. The third kappa shape index (κ3) is 2.06. The molecule has 0 aliphatic carbocycles. The van der Waals surface area contributed by atoms with E-state index < -0.39 is 0 Å². The average Bonchev–Trinajstić information content (AvgIpc) is 2.15. The van der Waals surface area contributed by atoms with Crippen molar-refractivity contribution in [1.82, 2.24) is 0 Å². The second kappa shape index (κ2) is 4.33. The molecule has 1 unspecified atom stereocenters. The topological polar surface area (TPSA) is 29.5 Å². The molecule has 1 N–H and O–H groups in total. The van der Waals surface area contributed by atoms with E-state index in [1.807, 2.05) is 0 Å². The van der Waals surface area contributed by atoms with Crippen LogP contribution in [0.2, 0.25) is 0 Å². The fourth-order valence-corrected chi connectivity index (χ4v) is 2.15. The number of ether oxygens (including phenoxy) is 1. The highest BCUT2D eigenvalue weighted by Gasteiger charge is 2.29. The van der Waals surface area contributed by atoms with Crippen LogP contribution in [0.15, 0.2) is 18.2 Å². The molecule has 1 aliphatic heterocycles. The molecule has 0 saturated carbocycles. The first-order valence-electron chi connectivity index (χ1n) is 5.48. The summed E-state index contributed by atoms with van der Waals surface area (Å²) in [6.07, 6.45) is 0. The Kier molecular flexibility index (Phi) is 3.08. The molecule has 15 heavy (non-hydrogen) atoms. The second-order valence-electron chi connectivity index (χ2n) is 4.45. The first kappa shape index (κ1) is 10.7. The summed E-state index contributed by atoms with van der Waals surface area (Å²) < 4.78 is 5.20. The van der Waals surface area contributed by atoms with Crippen LogP contribution in [0, 0.1) is 19.8 Å². The summed E-state index contributed by atoms with van der Waals surface area (Å²) in [4.78, 5) is 0. The summed E-state index contributed by atoms with van der Waals surface area (Å²) in [7, 11) is 0. The summed E-state index contributed by atoms with van der Waals surface area (Å²) in [5.41, 5.74) is 3.81. The molecule has 1 saturated heterocycles. The van der Waals surface area contributed by atoms with Crippen LogP contribution in [0.25, 0.3) is 0 Å². The van der Waals surface area contributed by atoms with E-state index in [1.54, 1.807) is 0 Å². The summed E-state index contributed by atoms with van der Waals surface area (Å²) >= 11 is 0. The minimum atomic E-state index is 0.221. The number of rotatable bonds is 3. The van der Waals surface area contributed by atoms with Crippen molar-refractivity contribution in [2.24, 2.45) is 5.92 Å². The van der Waals surface area contributed by atoms with Gasteiger partial charge in [-0.15, -0.1) is 0 Å². The molecule has 82 valence electrons. The van der Waals surface area contributed by atoms with Crippen molar-refractivity contribution >= 4 is 0 Å². The lowest BCUT2D eigenvalue weighted by atomic mass is 9.83. The number of benzene rings is 1. The Hall–Kier alpha value is -0.860.